The number of thiazole rings is 1. The minimum Gasteiger partial charge on any atom is -0.494 e. The van der Waals surface area contributed by atoms with Gasteiger partial charge in [0.25, 0.3) is 0 Å². The summed E-state index contributed by atoms with van der Waals surface area (Å²) < 4.78 is 5.54. The molecule has 1 aromatic heterocycles. The van der Waals surface area contributed by atoms with Gasteiger partial charge in [0.2, 0.25) is 0 Å². The SMILES string of the molecule is CCOc1cccc(C(NC)c2nc(C)cs2)c1. The third kappa shape index (κ3) is 2.89. The Labute approximate surface area is 112 Å². The number of nitrogens with zero attached hydrogens (tertiary/aromatic N) is 1. The molecule has 1 aromatic carbocycles. The molecule has 0 aliphatic rings. The second kappa shape index (κ2) is 5.98. The molecule has 2 aromatic rings. The van der Waals surface area contributed by atoms with E-state index in [4.69, 9.17) is 4.74 Å². The maximum atomic E-state index is 5.54. The number of benzene rings is 1. The van der Waals surface area contributed by atoms with Crippen molar-refractivity contribution >= 4 is 11.3 Å². The molecule has 0 saturated heterocycles. The summed E-state index contributed by atoms with van der Waals surface area (Å²) >= 11 is 1.68. The molecule has 1 unspecified atom stereocenters. The average molecular weight is 262 g/mol. The summed E-state index contributed by atoms with van der Waals surface area (Å²) in [5.74, 6) is 0.906. The lowest BCUT2D eigenvalue weighted by atomic mass is 10.1. The van der Waals surface area contributed by atoms with Crippen LogP contribution < -0.4 is 10.1 Å². The maximum absolute atomic E-state index is 5.54. The number of hydrogen-bond donors (Lipinski definition) is 1. The van der Waals surface area contributed by atoms with Crippen LogP contribution in [0.2, 0.25) is 0 Å². The lowest BCUT2D eigenvalue weighted by Crippen LogP contribution is -2.17. The van der Waals surface area contributed by atoms with Crippen LogP contribution in [-0.4, -0.2) is 18.6 Å². The molecule has 0 spiro atoms. The molecule has 0 saturated carbocycles. The molecule has 1 heterocycles. The molecule has 0 radical (unpaired) electrons. The standard InChI is InChI=1S/C14H18N2OS/c1-4-17-12-7-5-6-11(8-12)13(15-3)14-16-10(2)9-18-14/h5-9,13,15H,4H2,1-3H3. The lowest BCUT2D eigenvalue weighted by molar-refractivity contribution is 0.339. The van der Waals surface area contributed by atoms with E-state index in [1.54, 1.807) is 11.3 Å². The number of rotatable bonds is 5. The van der Waals surface area contributed by atoms with E-state index in [0.29, 0.717) is 6.61 Å². The van der Waals surface area contributed by atoms with Crippen molar-refractivity contribution < 1.29 is 4.74 Å². The van der Waals surface area contributed by atoms with Gasteiger partial charge in [0.1, 0.15) is 10.8 Å². The lowest BCUT2D eigenvalue weighted by Gasteiger charge is -2.15. The normalized spacial score (nSPS) is 12.4. The molecule has 0 bridgehead atoms. The highest BCUT2D eigenvalue weighted by Crippen LogP contribution is 2.27. The Hall–Kier alpha value is -1.39. The second-order valence-electron chi connectivity index (χ2n) is 4.05. The van der Waals surface area contributed by atoms with Gasteiger partial charge in [-0.1, -0.05) is 12.1 Å². The van der Waals surface area contributed by atoms with E-state index in [-0.39, 0.29) is 6.04 Å². The largest absolute Gasteiger partial charge is 0.494 e. The molecular formula is C14H18N2OS. The number of nitrogens with one attached hydrogen (secondary N) is 1. The van der Waals surface area contributed by atoms with Crippen molar-refractivity contribution in [1.29, 1.82) is 0 Å². The average Bonchev–Trinajstić information content (AvgIpc) is 2.78. The number of ether oxygens (including phenoxy) is 1. The molecule has 0 fully saturated rings. The van der Waals surface area contributed by atoms with Crippen LogP contribution in [0.5, 0.6) is 5.75 Å². The van der Waals surface area contributed by atoms with Crippen molar-refractivity contribution in [2.45, 2.75) is 19.9 Å². The second-order valence-corrected chi connectivity index (χ2v) is 4.94. The fraction of sp³-hybridized carbons (Fsp3) is 0.357. The van der Waals surface area contributed by atoms with Crippen LogP contribution in [0.15, 0.2) is 29.6 Å². The Bertz CT molecular complexity index is 510. The molecule has 18 heavy (non-hydrogen) atoms. The first kappa shape index (κ1) is 13.1. The van der Waals surface area contributed by atoms with Crippen LogP contribution in [0, 0.1) is 6.92 Å². The molecule has 0 aliphatic heterocycles. The Morgan fingerprint density at radius 2 is 2.28 bits per heavy atom. The van der Waals surface area contributed by atoms with Crippen LogP contribution in [0.1, 0.15) is 29.2 Å². The monoisotopic (exact) mass is 262 g/mol. The van der Waals surface area contributed by atoms with Crippen LogP contribution in [-0.2, 0) is 0 Å². The highest BCUT2D eigenvalue weighted by molar-refractivity contribution is 7.09. The number of aryl methyl sites for hydroxylation is 1. The van der Waals surface area contributed by atoms with Gasteiger partial charge in [0.05, 0.1) is 12.6 Å². The minimum absolute atomic E-state index is 0.129. The molecule has 2 rings (SSSR count). The van der Waals surface area contributed by atoms with Gasteiger partial charge in [-0.25, -0.2) is 4.98 Å². The van der Waals surface area contributed by atoms with Gasteiger partial charge in [-0.05, 0) is 38.6 Å². The third-order valence-electron chi connectivity index (χ3n) is 2.67. The summed E-state index contributed by atoms with van der Waals surface area (Å²) in [4.78, 5) is 4.55. The Morgan fingerprint density at radius 3 is 2.89 bits per heavy atom. The summed E-state index contributed by atoms with van der Waals surface area (Å²) in [5, 5.41) is 6.47. The van der Waals surface area contributed by atoms with Crippen LogP contribution in [0.4, 0.5) is 0 Å². The van der Waals surface area contributed by atoms with E-state index in [1.807, 2.05) is 33.0 Å². The van der Waals surface area contributed by atoms with Crippen molar-refractivity contribution in [2.24, 2.45) is 0 Å². The van der Waals surface area contributed by atoms with Crippen molar-refractivity contribution in [3.63, 3.8) is 0 Å². The maximum Gasteiger partial charge on any atom is 0.119 e. The Morgan fingerprint density at radius 1 is 1.44 bits per heavy atom. The number of hydrogen-bond acceptors (Lipinski definition) is 4. The van der Waals surface area contributed by atoms with Gasteiger partial charge in [0, 0.05) is 11.1 Å². The molecular weight excluding hydrogens is 244 g/mol. The first-order valence-electron chi connectivity index (χ1n) is 6.06. The molecule has 0 amide bonds. The molecule has 1 N–H and O–H groups in total. The smallest absolute Gasteiger partial charge is 0.119 e. The van der Waals surface area contributed by atoms with Crippen molar-refractivity contribution in [1.82, 2.24) is 10.3 Å². The summed E-state index contributed by atoms with van der Waals surface area (Å²) in [5.41, 5.74) is 2.24. The zero-order valence-electron chi connectivity index (χ0n) is 10.9. The van der Waals surface area contributed by atoms with Crippen molar-refractivity contribution in [3.05, 3.63) is 45.9 Å². The zero-order chi connectivity index (χ0) is 13.0. The molecule has 3 nitrogen and oxygen atoms in total. The van der Waals surface area contributed by atoms with Gasteiger partial charge in [0.15, 0.2) is 0 Å². The predicted molar refractivity (Wildman–Crippen MR) is 75.4 cm³/mol. The molecule has 96 valence electrons. The van der Waals surface area contributed by atoms with Crippen molar-refractivity contribution in [2.75, 3.05) is 13.7 Å². The van der Waals surface area contributed by atoms with E-state index in [0.717, 1.165) is 16.5 Å². The van der Waals surface area contributed by atoms with E-state index in [2.05, 4.69) is 27.8 Å². The van der Waals surface area contributed by atoms with Gasteiger partial charge < -0.3 is 10.1 Å². The highest BCUT2D eigenvalue weighted by Gasteiger charge is 2.15. The van der Waals surface area contributed by atoms with E-state index < -0.39 is 0 Å². The highest BCUT2D eigenvalue weighted by atomic mass is 32.1. The topological polar surface area (TPSA) is 34.1 Å². The molecule has 0 aliphatic carbocycles. The molecule has 4 heteroatoms. The van der Waals surface area contributed by atoms with Gasteiger partial charge in [-0.15, -0.1) is 11.3 Å². The first-order chi connectivity index (χ1) is 8.74. The summed E-state index contributed by atoms with van der Waals surface area (Å²) in [7, 11) is 1.95. The summed E-state index contributed by atoms with van der Waals surface area (Å²) in [6.07, 6.45) is 0. The molecule has 1 atom stereocenters. The minimum atomic E-state index is 0.129. The van der Waals surface area contributed by atoms with E-state index in [9.17, 15) is 0 Å². The summed E-state index contributed by atoms with van der Waals surface area (Å²) in [6.45, 7) is 4.69. The van der Waals surface area contributed by atoms with Gasteiger partial charge in [-0.3, -0.25) is 0 Å². The summed E-state index contributed by atoms with van der Waals surface area (Å²) in [6, 6.07) is 8.30. The van der Waals surface area contributed by atoms with Gasteiger partial charge >= 0.3 is 0 Å². The van der Waals surface area contributed by atoms with Crippen LogP contribution >= 0.6 is 11.3 Å². The Kier molecular flexibility index (Phi) is 4.33. The first-order valence-corrected chi connectivity index (χ1v) is 6.94. The predicted octanol–water partition coefficient (Wildman–Crippen LogP) is 3.16. The van der Waals surface area contributed by atoms with E-state index >= 15 is 0 Å². The number of aromatic nitrogens is 1. The fourth-order valence-corrected chi connectivity index (χ4v) is 2.82. The zero-order valence-corrected chi connectivity index (χ0v) is 11.8. The van der Waals surface area contributed by atoms with E-state index in [1.165, 1.54) is 5.56 Å². The van der Waals surface area contributed by atoms with Crippen LogP contribution in [0.3, 0.4) is 0 Å². The third-order valence-corrected chi connectivity index (χ3v) is 3.70. The quantitative estimate of drug-likeness (QED) is 0.898. The van der Waals surface area contributed by atoms with Crippen molar-refractivity contribution in [3.8, 4) is 5.75 Å². The fourth-order valence-electron chi connectivity index (χ4n) is 1.89. The van der Waals surface area contributed by atoms with Gasteiger partial charge in [-0.2, -0.15) is 0 Å². The van der Waals surface area contributed by atoms with Crippen LogP contribution in [0.25, 0.3) is 0 Å². The Balaban J connectivity index is 2.29.